The van der Waals surface area contributed by atoms with E-state index in [4.69, 9.17) is 9.47 Å². The van der Waals surface area contributed by atoms with Crippen LogP contribution >= 0.6 is 0 Å². The molecule has 1 heterocycles. The first-order valence-electron chi connectivity index (χ1n) is 10.5. The van der Waals surface area contributed by atoms with Crippen LogP contribution in [0.25, 0.3) is 22.9 Å². The molecular weight excluding hydrogens is 454 g/mol. The van der Waals surface area contributed by atoms with Gasteiger partial charge in [-0.25, -0.2) is 9.59 Å². The number of esters is 1. The molecule has 10 nitrogen and oxygen atoms in total. The smallest absolute Gasteiger partial charge is 0.357 e. The average molecular weight is 473 g/mol. The van der Waals surface area contributed by atoms with Crippen molar-refractivity contribution < 1.29 is 19.2 Å². The van der Waals surface area contributed by atoms with Crippen LogP contribution in [0.3, 0.4) is 0 Å². The van der Waals surface area contributed by atoms with Crippen molar-refractivity contribution in [3.63, 3.8) is 0 Å². The second-order valence-corrected chi connectivity index (χ2v) is 7.32. The summed E-state index contributed by atoms with van der Waals surface area (Å²) < 4.78 is 11.2. The third-order valence-electron chi connectivity index (χ3n) is 5.05. The molecule has 176 valence electrons. The third-order valence-corrected chi connectivity index (χ3v) is 5.05. The van der Waals surface area contributed by atoms with E-state index in [0.717, 1.165) is 10.8 Å². The lowest BCUT2D eigenvalue weighted by Crippen LogP contribution is -2.25. The van der Waals surface area contributed by atoms with Crippen molar-refractivity contribution in [1.29, 1.82) is 0 Å². The summed E-state index contributed by atoms with van der Waals surface area (Å²) in [6, 6.07) is 17.5. The Morgan fingerprint density at radius 2 is 1.77 bits per heavy atom. The second kappa shape index (κ2) is 9.87. The number of ether oxygens (including phenoxy) is 2. The molecule has 1 aromatic heterocycles. The van der Waals surface area contributed by atoms with E-state index in [1.54, 1.807) is 31.2 Å². The second-order valence-electron chi connectivity index (χ2n) is 7.32. The number of nitro groups is 1. The maximum atomic E-state index is 12.9. The number of carbonyl (C=O) groups excluding carboxylic acids is 1. The van der Waals surface area contributed by atoms with Crippen LogP contribution in [0.4, 0.5) is 5.69 Å². The minimum absolute atomic E-state index is 0.192. The minimum atomic E-state index is -1.11. The number of nitrogens with zero attached hydrogens (tertiary/aromatic N) is 1. The van der Waals surface area contributed by atoms with E-state index in [9.17, 15) is 24.5 Å². The molecule has 0 saturated carbocycles. The van der Waals surface area contributed by atoms with Gasteiger partial charge < -0.3 is 14.5 Å². The van der Waals surface area contributed by atoms with Gasteiger partial charge in [-0.2, -0.15) is 0 Å². The lowest BCUT2D eigenvalue weighted by atomic mass is 10.0. The van der Waals surface area contributed by atoms with E-state index in [2.05, 4.69) is 4.98 Å². The van der Waals surface area contributed by atoms with Gasteiger partial charge in [-0.15, -0.1) is 0 Å². The van der Waals surface area contributed by atoms with Gasteiger partial charge in [0.1, 0.15) is 5.69 Å². The predicted octanol–water partition coefficient (Wildman–Crippen LogP) is 3.91. The van der Waals surface area contributed by atoms with Gasteiger partial charge in [-0.3, -0.25) is 19.9 Å². The summed E-state index contributed by atoms with van der Waals surface area (Å²) >= 11 is 0. The number of benzene rings is 3. The van der Waals surface area contributed by atoms with Gasteiger partial charge in [0.2, 0.25) is 0 Å². The molecule has 4 rings (SSSR count). The molecule has 3 aromatic carbocycles. The zero-order chi connectivity index (χ0) is 24.9. The normalized spacial score (nSPS) is 11.0. The molecule has 10 heteroatoms. The van der Waals surface area contributed by atoms with Crippen molar-refractivity contribution >= 4 is 34.6 Å². The summed E-state index contributed by atoms with van der Waals surface area (Å²) in [7, 11) is 0. The van der Waals surface area contributed by atoms with E-state index < -0.39 is 27.8 Å². The number of aromatic amines is 2. The van der Waals surface area contributed by atoms with Crippen LogP contribution in [-0.2, 0) is 0 Å². The first kappa shape index (κ1) is 23.2. The topological polar surface area (TPSA) is 144 Å². The van der Waals surface area contributed by atoms with Crippen molar-refractivity contribution in [1.82, 2.24) is 9.97 Å². The summed E-state index contributed by atoms with van der Waals surface area (Å²) in [5.74, 6) is -0.0858. The first-order chi connectivity index (χ1) is 16.9. The average Bonchev–Trinajstić information content (AvgIpc) is 2.83. The number of rotatable bonds is 7. The van der Waals surface area contributed by atoms with Gasteiger partial charge in [0.25, 0.3) is 0 Å². The Labute approximate surface area is 197 Å². The number of carbonyl (C=O) groups is 1. The van der Waals surface area contributed by atoms with Crippen molar-refractivity contribution in [2.75, 3.05) is 6.61 Å². The highest BCUT2D eigenvalue weighted by Crippen LogP contribution is 2.31. The van der Waals surface area contributed by atoms with Crippen LogP contribution in [0.5, 0.6) is 11.5 Å². The van der Waals surface area contributed by atoms with E-state index in [1.807, 2.05) is 35.3 Å². The maximum absolute atomic E-state index is 12.9. The SMILES string of the molecule is CCOc1cc(/C=C/c2[nH]c(=O)[nH]c(=O)c2[N+](=O)[O-])ccc1OC(=O)c1cccc2ccccc12. The molecule has 0 amide bonds. The van der Waals surface area contributed by atoms with Gasteiger partial charge in [-0.1, -0.05) is 48.5 Å². The predicted molar refractivity (Wildman–Crippen MR) is 130 cm³/mol. The van der Waals surface area contributed by atoms with E-state index >= 15 is 0 Å². The molecule has 0 aliphatic heterocycles. The zero-order valence-corrected chi connectivity index (χ0v) is 18.4. The van der Waals surface area contributed by atoms with Crippen molar-refractivity contribution in [3.05, 3.63) is 108 Å². The van der Waals surface area contributed by atoms with Crippen molar-refractivity contribution in [2.45, 2.75) is 6.92 Å². The Balaban J connectivity index is 1.65. The highest BCUT2D eigenvalue weighted by Gasteiger charge is 2.19. The van der Waals surface area contributed by atoms with Crippen LogP contribution in [0.15, 0.2) is 70.3 Å². The van der Waals surface area contributed by atoms with Gasteiger partial charge in [0, 0.05) is 0 Å². The van der Waals surface area contributed by atoms with Crippen molar-refractivity contribution in [3.8, 4) is 11.5 Å². The number of aromatic nitrogens is 2. The minimum Gasteiger partial charge on any atom is -0.490 e. The lowest BCUT2D eigenvalue weighted by Gasteiger charge is -2.12. The molecule has 0 aliphatic rings. The molecule has 0 aliphatic carbocycles. The fourth-order valence-electron chi connectivity index (χ4n) is 3.52. The van der Waals surface area contributed by atoms with Gasteiger partial charge in [0.05, 0.1) is 17.1 Å². The summed E-state index contributed by atoms with van der Waals surface area (Å²) in [6.45, 7) is 2.06. The molecule has 0 atom stereocenters. The first-order valence-corrected chi connectivity index (χ1v) is 10.5. The zero-order valence-electron chi connectivity index (χ0n) is 18.4. The van der Waals surface area contributed by atoms with Crippen LogP contribution < -0.4 is 20.7 Å². The number of hydrogen-bond donors (Lipinski definition) is 2. The standard InChI is InChI=1S/C25H19N3O7/c1-2-34-21-14-15(10-12-19-22(28(32)33)23(29)27-25(31)26-19)11-13-20(21)35-24(30)18-9-5-7-16-6-3-4-8-17(16)18/h3-14H,2H2,1H3,(H2,26,27,29,31)/b12-10+. The van der Waals surface area contributed by atoms with Crippen molar-refractivity contribution in [2.24, 2.45) is 0 Å². The Kier molecular flexibility index (Phi) is 6.54. The molecule has 0 bridgehead atoms. The number of hydrogen-bond acceptors (Lipinski definition) is 7. The number of H-pyrrole nitrogens is 2. The van der Waals surface area contributed by atoms with Crippen LogP contribution in [-0.4, -0.2) is 27.5 Å². The third kappa shape index (κ3) is 5.01. The Hall–Kier alpha value is -4.99. The van der Waals surface area contributed by atoms with E-state index in [-0.39, 0.29) is 17.2 Å². The number of fused-ring (bicyclic) bond motifs is 1. The quantitative estimate of drug-likeness (QED) is 0.179. The molecule has 0 unspecified atom stereocenters. The maximum Gasteiger partial charge on any atom is 0.357 e. The Bertz CT molecular complexity index is 1580. The van der Waals surface area contributed by atoms with Gasteiger partial charge in [0.15, 0.2) is 11.5 Å². The fourth-order valence-corrected chi connectivity index (χ4v) is 3.52. The van der Waals surface area contributed by atoms with E-state index in [1.165, 1.54) is 18.2 Å². The summed E-state index contributed by atoms with van der Waals surface area (Å²) in [4.78, 5) is 50.6. The van der Waals surface area contributed by atoms with Crippen LogP contribution in [0.1, 0.15) is 28.5 Å². The van der Waals surface area contributed by atoms with Crippen LogP contribution in [0, 0.1) is 10.1 Å². The van der Waals surface area contributed by atoms with Gasteiger partial charge in [-0.05, 0) is 47.5 Å². The highest BCUT2D eigenvalue weighted by molar-refractivity contribution is 6.05. The largest absolute Gasteiger partial charge is 0.490 e. The molecule has 0 fully saturated rings. The molecule has 35 heavy (non-hydrogen) atoms. The van der Waals surface area contributed by atoms with Crippen LogP contribution in [0.2, 0.25) is 0 Å². The fraction of sp³-hybridized carbons (Fsp3) is 0.0800. The molecular formula is C25H19N3O7. The van der Waals surface area contributed by atoms with Gasteiger partial charge >= 0.3 is 22.9 Å². The highest BCUT2D eigenvalue weighted by atomic mass is 16.6. The molecule has 0 radical (unpaired) electrons. The number of nitrogens with one attached hydrogen (secondary N) is 2. The summed E-state index contributed by atoms with van der Waals surface area (Å²) in [5.41, 5.74) is -2.09. The molecule has 0 spiro atoms. The van der Waals surface area contributed by atoms with E-state index in [0.29, 0.717) is 17.7 Å². The summed E-state index contributed by atoms with van der Waals surface area (Å²) in [5, 5.41) is 12.9. The summed E-state index contributed by atoms with van der Waals surface area (Å²) in [6.07, 6.45) is 2.69. The Morgan fingerprint density at radius 1 is 1.00 bits per heavy atom. The monoisotopic (exact) mass is 473 g/mol. The molecule has 0 saturated heterocycles. The lowest BCUT2D eigenvalue weighted by molar-refractivity contribution is -0.386. The Morgan fingerprint density at radius 3 is 2.54 bits per heavy atom. The molecule has 4 aromatic rings. The molecule has 2 N–H and O–H groups in total.